The van der Waals surface area contributed by atoms with Crippen molar-refractivity contribution >= 4 is 49.9 Å². The first-order valence-electron chi connectivity index (χ1n) is 11.4. The number of amides is 1. The van der Waals surface area contributed by atoms with Crippen molar-refractivity contribution in [2.24, 2.45) is 5.41 Å². The molecule has 8 nitrogen and oxygen atoms in total. The number of carbonyl (C=O) groups is 1. The molecule has 0 radical (unpaired) electrons. The van der Waals surface area contributed by atoms with Crippen LogP contribution in [0.2, 0.25) is 0 Å². The lowest BCUT2D eigenvalue weighted by Crippen LogP contribution is -2.51. The molecule has 2 aliphatic rings. The number of carbonyl (C=O) groups excluding carboxylic acids is 1. The predicted molar refractivity (Wildman–Crippen MR) is 129 cm³/mol. The van der Waals surface area contributed by atoms with Crippen molar-refractivity contribution < 1.29 is 9.53 Å². The first-order valence-corrected chi connectivity index (χ1v) is 12.3. The molecule has 0 unspecified atom stereocenters. The molecule has 3 aromatic heterocycles. The van der Waals surface area contributed by atoms with Gasteiger partial charge in [-0.3, -0.25) is 9.89 Å². The number of likely N-dealkylation sites (tertiary alicyclic amines) is 1. The topological polar surface area (TPSA) is 96.0 Å². The van der Waals surface area contributed by atoms with Crippen LogP contribution in [0.1, 0.15) is 36.6 Å². The Labute approximate surface area is 195 Å². The number of anilines is 2. The Morgan fingerprint density at radius 2 is 2.21 bits per heavy atom. The first kappa shape index (κ1) is 20.4. The number of hydrogen-bond acceptors (Lipinski definition) is 7. The van der Waals surface area contributed by atoms with E-state index in [0.29, 0.717) is 11.7 Å². The van der Waals surface area contributed by atoms with Crippen LogP contribution in [0.5, 0.6) is 5.75 Å². The maximum Gasteiger partial charge on any atom is 0.229 e. The fourth-order valence-corrected chi connectivity index (χ4v) is 6.49. The Hall–Kier alpha value is -3.20. The van der Waals surface area contributed by atoms with Gasteiger partial charge in [0.05, 0.1) is 35.3 Å². The number of thiophene rings is 1. The average molecular weight is 463 g/mol. The van der Waals surface area contributed by atoms with Gasteiger partial charge < -0.3 is 15.0 Å². The molecule has 1 fully saturated rings. The highest BCUT2D eigenvalue weighted by Crippen LogP contribution is 2.47. The van der Waals surface area contributed by atoms with E-state index in [0.717, 1.165) is 77.8 Å². The van der Waals surface area contributed by atoms with Crippen LogP contribution in [0, 0.1) is 5.41 Å². The van der Waals surface area contributed by atoms with Gasteiger partial charge in [0, 0.05) is 29.4 Å². The van der Waals surface area contributed by atoms with Crippen LogP contribution in [0.3, 0.4) is 0 Å². The van der Waals surface area contributed by atoms with E-state index in [1.165, 1.54) is 10.4 Å². The van der Waals surface area contributed by atoms with E-state index in [2.05, 4.69) is 32.4 Å². The van der Waals surface area contributed by atoms with Crippen molar-refractivity contribution in [3.63, 3.8) is 0 Å². The highest BCUT2D eigenvalue weighted by molar-refractivity contribution is 7.19. The van der Waals surface area contributed by atoms with Crippen LogP contribution < -0.4 is 10.1 Å². The largest absolute Gasteiger partial charge is 0.494 e. The van der Waals surface area contributed by atoms with Gasteiger partial charge in [0.25, 0.3) is 0 Å². The summed E-state index contributed by atoms with van der Waals surface area (Å²) in [7, 11) is 1.66. The van der Waals surface area contributed by atoms with Crippen molar-refractivity contribution in [1.82, 2.24) is 25.1 Å². The minimum Gasteiger partial charge on any atom is -0.494 e. The lowest BCUT2D eigenvalue weighted by Gasteiger charge is -2.42. The number of nitrogens with zero attached hydrogens (tertiary/aromatic N) is 4. The molecule has 0 saturated carbocycles. The first-order chi connectivity index (χ1) is 16.1. The molecule has 4 heterocycles. The summed E-state index contributed by atoms with van der Waals surface area (Å²) in [5.74, 6) is 1.83. The number of fused-ring (bicyclic) bond motifs is 4. The van der Waals surface area contributed by atoms with Crippen LogP contribution in [0.15, 0.2) is 24.7 Å². The Balaban J connectivity index is 1.39. The third kappa shape index (κ3) is 3.17. The van der Waals surface area contributed by atoms with Crippen molar-refractivity contribution in [3.8, 4) is 5.75 Å². The monoisotopic (exact) mass is 462 g/mol. The number of aryl methyl sites for hydroxylation is 1. The van der Waals surface area contributed by atoms with Gasteiger partial charge in [-0.25, -0.2) is 9.97 Å². The van der Waals surface area contributed by atoms with Gasteiger partial charge in [0.2, 0.25) is 5.91 Å². The molecule has 1 saturated heterocycles. The zero-order valence-corrected chi connectivity index (χ0v) is 19.6. The number of rotatable bonds is 5. The average Bonchev–Trinajstić information content (AvgIpc) is 3.40. The zero-order valence-electron chi connectivity index (χ0n) is 18.8. The molecule has 0 bridgehead atoms. The Morgan fingerprint density at radius 3 is 2.97 bits per heavy atom. The second kappa shape index (κ2) is 7.69. The van der Waals surface area contributed by atoms with Gasteiger partial charge in [-0.2, -0.15) is 5.10 Å². The molecular weight excluding hydrogens is 436 g/mol. The number of H-pyrrole nitrogens is 1. The number of ether oxygens (including phenoxy) is 1. The molecule has 6 rings (SSSR count). The number of methoxy groups -OCH3 is 1. The maximum atomic E-state index is 13.3. The summed E-state index contributed by atoms with van der Waals surface area (Å²) in [5.41, 5.74) is 2.74. The third-order valence-electron chi connectivity index (χ3n) is 7.31. The van der Waals surface area contributed by atoms with Gasteiger partial charge in [-0.15, -0.1) is 11.3 Å². The molecule has 1 aliphatic heterocycles. The van der Waals surface area contributed by atoms with E-state index in [4.69, 9.17) is 4.74 Å². The van der Waals surface area contributed by atoms with E-state index in [-0.39, 0.29) is 5.41 Å². The standard InChI is InChI=1S/C24H26N6O2S/c1-3-24(23(31)30-7-4-8-30)6-5-15-19(11-24)33-22-20(15)21(25-13-26-22)28-17-9-14-12-27-29-16(14)10-18(17)32-2/h9-10,12-13H,3-8,11H2,1-2H3,(H,27,29)(H,25,26,28)/t24-/m0/s1. The summed E-state index contributed by atoms with van der Waals surface area (Å²) >= 11 is 1.70. The van der Waals surface area contributed by atoms with E-state index < -0.39 is 0 Å². The quantitative estimate of drug-likeness (QED) is 0.455. The van der Waals surface area contributed by atoms with Crippen LogP contribution in [0.4, 0.5) is 11.5 Å². The Kier molecular flexibility index (Phi) is 4.76. The summed E-state index contributed by atoms with van der Waals surface area (Å²) in [6.07, 6.45) is 7.92. The molecular formula is C24H26N6O2S. The van der Waals surface area contributed by atoms with Gasteiger partial charge in [0.1, 0.15) is 22.7 Å². The van der Waals surface area contributed by atoms with Gasteiger partial charge in [0.15, 0.2) is 0 Å². The molecule has 170 valence electrons. The molecule has 1 atom stereocenters. The van der Waals surface area contributed by atoms with Crippen molar-refractivity contribution in [2.75, 3.05) is 25.5 Å². The molecule has 2 N–H and O–H groups in total. The smallest absolute Gasteiger partial charge is 0.229 e. The van der Waals surface area contributed by atoms with Crippen LogP contribution >= 0.6 is 11.3 Å². The third-order valence-corrected chi connectivity index (χ3v) is 8.45. The molecule has 9 heteroatoms. The maximum absolute atomic E-state index is 13.3. The lowest BCUT2D eigenvalue weighted by atomic mass is 9.70. The molecule has 1 aliphatic carbocycles. The van der Waals surface area contributed by atoms with Crippen molar-refractivity contribution in [2.45, 2.75) is 39.0 Å². The summed E-state index contributed by atoms with van der Waals surface area (Å²) in [5, 5.41) is 12.6. The van der Waals surface area contributed by atoms with Gasteiger partial charge >= 0.3 is 0 Å². The highest BCUT2D eigenvalue weighted by Gasteiger charge is 2.44. The molecule has 4 aromatic rings. The fourth-order valence-electron chi connectivity index (χ4n) is 5.15. The Morgan fingerprint density at radius 1 is 1.33 bits per heavy atom. The second-order valence-corrected chi connectivity index (χ2v) is 10.1. The van der Waals surface area contributed by atoms with E-state index in [9.17, 15) is 4.79 Å². The number of benzene rings is 1. The van der Waals surface area contributed by atoms with Crippen molar-refractivity contribution in [3.05, 3.63) is 35.1 Å². The zero-order chi connectivity index (χ0) is 22.6. The number of hydrogen-bond donors (Lipinski definition) is 2. The van der Waals surface area contributed by atoms with Crippen molar-refractivity contribution in [1.29, 1.82) is 0 Å². The van der Waals surface area contributed by atoms with Crippen LogP contribution in [-0.2, 0) is 17.6 Å². The van der Waals surface area contributed by atoms with Gasteiger partial charge in [-0.05, 0) is 43.7 Å². The van der Waals surface area contributed by atoms with E-state index in [1.54, 1.807) is 31.0 Å². The van der Waals surface area contributed by atoms with Gasteiger partial charge in [-0.1, -0.05) is 6.92 Å². The summed E-state index contributed by atoms with van der Waals surface area (Å²) in [6, 6.07) is 3.95. The predicted octanol–water partition coefficient (Wildman–Crippen LogP) is 4.44. The lowest BCUT2D eigenvalue weighted by molar-refractivity contribution is -0.147. The SMILES string of the molecule is CC[C@]1(C(=O)N2CCC2)CCc2c(sc3ncnc(Nc4cc5cn[nH]c5cc4OC)c23)C1. The highest BCUT2D eigenvalue weighted by atomic mass is 32.1. The summed E-state index contributed by atoms with van der Waals surface area (Å²) < 4.78 is 5.61. The normalized spacial score (nSPS) is 20.0. The molecule has 0 spiro atoms. The minimum atomic E-state index is -0.287. The Bertz CT molecular complexity index is 1370. The second-order valence-electron chi connectivity index (χ2n) is 9.00. The number of nitrogens with one attached hydrogen (secondary N) is 2. The summed E-state index contributed by atoms with van der Waals surface area (Å²) in [4.78, 5) is 26.7. The molecule has 1 amide bonds. The molecule has 33 heavy (non-hydrogen) atoms. The summed E-state index contributed by atoms with van der Waals surface area (Å²) in [6.45, 7) is 3.96. The fraction of sp³-hybridized carbons (Fsp3) is 0.417. The number of aromatic amines is 1. The molecule has 1 aromatic carbocycles. The minimum absolute atomic E-state index is 0.287. The van der Waals surface area contributed by atoms with E-state index >= 15 is 0 Å². The van der Waals surface area contributed by atoms with E-state index in [1.807, 2.05) is 17.0 Å². The van der Waals surface area contributed by atoms with Crippen LogP contribution in [-0.4, -0.2) is 51.2 Å². The van der Waals surface area contributed by atoms with Crippen LogP contribution in [0.25, 0.3) is 21.1 Å². The number of aromatic nitrogens is 4.